The number of hydrogen-bond acceptors (Lipinski definition) is 5. The monoisotopic (exact) mass is 489 g/mol. The Balaban J connectivity index is 1.69. The Labute approximate surface area is 215 Å². The maximum absolute atomic E-state index is 13.6. The van der Waals surface area contributed by atoms with Gasteiger partial charge in [0.2, 0.25) is 0 Å². The summed E-state index contributed by atoms with van der Waals surface area (Å²) in [6, 6.07) is 8.78. The average Bonchev–Trinajstić information content (AvgIpc) is 3.14. The number of carbonyl (C=O) groups is 3. The van der Waals surface area contributed by atoms with Crippen LogP contribution in [0.15, 0.2) is 47.1 Å². The van der Waals surface area contributed by atoms with Gasteiger partial charge in [-0.1, -0.05) is 31.6 Å². The summed E-state index contributed by atoms with van der Waals surface area (Å²) in [4.78, 5) is 40.3. The number of fused-ring (bicyclic) bond motifs is 4. The quantitative estimate of drug-likeness (QED) is 0.480. The number of rotatable bonds is 5. The van der Waals surface area contributed by atoms with Crippen molar-refractivity contribution in [3.05, 3.63) is 52.6 Å². The number of allylic oxidation sites excluding steroid dienone is 4. The van der Waals surface area contributed by atoms with Gasteiger partial charge < -0.3 is 9.64 Å². The molecule has 2 saturated carbocycles. The molecule has 36 heavy (non-hydrogen) atoms. The zero-order valence-electron chi connectivity index (χ0n) is 22.4. The Hall–Kier alpha value is -2.69. The fourth-order valence-corrected chi connectivity index (χ4v) is 8.17. The van der Waals surface area contributed by atoms with Crippen LogP contribution in [0.3, 0.4) is 0 Å². The molecule has 4 aliphatic rings. The van der Waals surface area contributed by atoms with Crippen LogP contribution in [-0.4, -0.2) is 37.2 Å². The number of hydrogen-bond donors (Lipinski definition) is 0. The van der Waals surface area contributed by atoms with Gasteiger partial charge in [0.25, 0.3) is 0 Å². The molecule has 192 valence electrons. The Morgan fingerprint density at radius 2 is 1.81 bits per heavy atom. The van der Waals surface area contributed by atoms with Gasteiger partial charge in [-0.05, 0) is 85.3 Å². The zero-order chi connectivity index (χ0) is 25.8. The molecule has 5 atom stereocenters. The molecule has 0 amide bonds. The van der Waals surface area contributed by atoms with Gasteiger partial charge in [0.05, 0.1) is 0 Å². The number of ketones is 2. The van der Waals surface area contributed by atoms with Crippen molar-refractivity contribution in [3.63, 3.8) is 0 Å². The maximum Gasteiger partial charge on any atom is 0.303 e. The number of ether oxygens (including phenoxy) is 1. The van der Waals surface area contributed by atoms with Crippen LogP contribution in [0.4, 0.5) is 5.69 Å². The highest BCUT2D eigenvalue weighted by Gasteiger charge is 2.67. The SMILES string of the molecule is CCC(=O)[C@@]1(OC(C)=O)CCC2C3CCC4=CC(=O)CCC4=C3[C@@H](c3ccc(N(C)C)cc3)C[C@@]21C. The van der Waals surface area contributed by atoms with Crippen LogP contribution in [0.5, 0.6) is 0 Å². The summed E-state index contributed by atoms with van der Waals surface area (Å²) in [7, 11) is 4.09. The van der Waals surface area contributed by atoms with Crippen molar-refractivity contribution >= 4 is 23.2 Å². The number of benzene rings is 1. The Morgan fingerprint density at radius 1 is 1.08 bits per heavy atom. The summed E-state index contributed by atoms with van der Waals surface area (Å²) < 4.78 is 6.09. The molecule has 2 unspecified atom stereocenters. The van der Waals surface area contributed by atoms with Gasteiger partial charge in [-0.15, -0.1) is 0 Å². The summed E-state index contributed by atoms with van der Waals surface area (Å²) in [6.45, 7) is 5.54. The highest BCUT2D eigenvalue weighted by atomic mass is 16.6. The lowest BCUT2D eigenvalue weighted by Crippen LogP contribution is -2.57. The van der Waals surface area contributed by atoms with Crippen molar-refractivity contribution in [1.29, 1.82) is 0 Å². The molecule has 1 aromatic rings. The van der Waals surface area contributed by atoms with E-state index in [1.54, 1.807) is 0 Å². The molecule has 0 saturated heterocycles. The van der Waals surface area contributed by atoms with Gasteiger partial charge >= 0.3 is 5.97 Å². The first-order valence-corrected chi connectivity index (χ1v) is 13.6. The minimum absolute atomic E-state index is 0.0557. The minimum atomic E-state index is -1.06. The van der Waals surface area contributed by atoms with E-state index in [0.29, 0.717) is 25.2 Å². The second-order valence-electron chi connectivity index (χ2n) is 11.7. The molecule has 5 nitrogen and oxygen atoms in total. The highest BCUT2D eigenvalue weighted by molar-refractivity contribution is 5.93. The van der Waals surface area contributed by atoms with Crippen molar-refractivity contribution < 1.29 is 19.1 Å². The van der Waals surface area contributed by atoms with E-state index >= 15 is 0 Å². The fraction of sp³-hybridized carbons (Fsp3) is 0.581. The molecule has 0 heterocycles. The van der Waals surface area contributed by atoms with Gasteiger partial charge in [0.15, 0.2) is 17.2 Å². The summed E-state index contributed by atoms with van der Waals surface area (Å²) in [5, 5.41) is 0. The third-order valence-corrected chi connectivity index (χ3v) is 9.76. The van der Waals surface area contributed by atoms with Crippen LogP contribution in [0, 0.1) is 17.3 Å². The normalized spacial score (nSPS) is 33.3. The largest absolute Gasteiger partial charge is 0.451 e. The smallest absolute Gasteiger partial charge is 0.303 e. The van der Waals surface area contributed by atoms with E-state index in [4.69, 9.17) is 4.74 Å². The van der Waals surface area contributed by atoms with Crippen LogP contribution >= 0.6 is 0 Å². The number of Topliss-reactive ketones (excluding diaryl/α,β-unsaturated/α-hetero) is 1. The fourth-order valence-electron chi connectivity index (χ4n) is 8.17. The molecule has 4 aliphatic carbocycles. The number of carbonyl (C=O) groups excluding carboxylic acids is 3. The standard InChI is InChI=1S/C31H39NO4/c1-6-28(35)31(36-19(2)33)16-15-27-25-13-9-21-17-23(34)12-14-24(21)29(25)26(18-30(27,31)3)20-7-10-22(11-8-20)32(4)5/h7-8,10-11,17,25-27H,6,9,12-16,18H2,1-5H3/t25?,26-,27?,30+,31+/m1/s1. The lowest BCUT2D eigenvalue weighted by molar-refractivity contribution is -0.183. The van der Waals surface area contributed by atoms with Gasteiger partial charge in [-0.2, -0.15) is 0 Å². The van der Waals surface area contributed by atoms with Gasteiger partial charge in [-0.3, -0.25) is 14.4 Å². The van der Waals surface area contributed by atoms with Gasteiger partial charge in [-0.25, -0.2) is 0 Å². The van der Waals surface area contributed by atoms with Crippen molar-refractivity contribution in [1.82, 2.24) is 0 Å². The molecule has 0 aliphatic heterocycles. The Morgan fingerprint density at radius 3 is 2.44 bits per heavy atom. The van der Waals surface area contributed by atoms with E-state index in [0.717, 1.165) is 37.8 Å². The first kappa shape index (κ1) is 25.0. The third kappa shape index (κ3) is 3.69. The van der Waals surface area contributed by atoms with E-state index < -0.39 is 11.0 Å². The van der Waals surface area contributed by atoms with Crippen molar-refractivity contribution in [2.24, 2.45) is 17.3 Å². The van der Waals surface area contributed by atoms with Crippen LogP contribution in [-0.2, 0) is 19.1 Å². The summed E-state index contributed by atoms with van der Waals surface area (Å²) in [6.07, 6.45) is 7.82. The van der Waals surface area contributed by atoms with Crippen molar-refractivity contribution in [2.45, 2.75) is 83.7 Å². The first-order chi connectivity index (χ1) is 17.1. The Kier molecular flexibility index (Phi) is 6.25. The number of nitrogens with zero attached hydrogens (tertiary/aromatic N) is 1. The van der Waals surface area contributed by atoms with E-state index in [2.05, 4.69) is 36.1 Å². The molecule has 0 spiro atoms. The number of esters is 1. The van der Waals surface area contributed by atoms with Gasteiger partial charge in [0, 0.05) is 50.9 Å². The molecule has 1 aromatic carbocycles. The summed E-state index contributed by atoms with van der Waals surface area (Å²) in [5.74, 6) is 0.686. The molecule has 0 radical (unpaired) electrons. The van der Waals surface area contributed by atoms with Crippen LogP contribution < -0.4 is 4.90 Å². The van der Waals surface area contributed by atoms with Crippen molar-refractivity contribution in [3.8, 4) is 0 Å². The molecular formula is C31H39NO4. The number of anilines is 1. The second kappa shape index (κ2) is 9.00. The molecule has 5 rings (SSSR count). The third-order valence-electron chi connectivity index (χ3n) is 9.76. The molecule has 0 bridgehead atoms. The lowest BCUT2D eigenvalue weighted by atomic mass is 9.50. The first-order valence-electron chi connectivity index (χ1n) is 13.6. The predicted molar refractivity (Wildman–Crippen MR) is 141 cm³/mol. The topological polar surface area (TPSA) is 63.7 Å². The van der Waals surface area contributed by atoms with E-state index in [1.807, 2.05) is 27.1 Å². The van der Waals surface area contributed by atoms with E-state index in [-0.39, 0.29) is 29.4 Å². The summed E-state index contributed by atoms with van der Waals surface area (Å²) in [5.41, 5.74) is 5.01. The minimum Gasteiger partial charge on any atom is -0.451 e. The van der Waals surface area contributed by atoms with Crippen molar-refractivity contribution in [2.75, 3.05) is 19.0 Å². The molecular weight excluding hydrogens is 450 g/mol. The maximum atomic E-state index is 13.6. The lowest BCUT2D eigenvalue weighted by Gasteiger charge is -2.55. The zero-order valence-corrected chi connectivity index (χ0v) is 22.4. The van der Waals surface area contributed by atoms with E-state index in [1.165, 1.54) is 29.2 Å². The van der Waals surface area contributed by atoms with Crippen LogP contribution in [0.2, 0.25) is 0 Å². The van der Waals surface area contributed by atoms with Crippen LogP contribution in [0.25, 0.3) is 0 Å². The van der Waals surface area contributed by atoms with E-state index in [9.17, 15) is 14.4 Å². The Bertz CT molecular complexity index is 1160. The van der Waals surface area contributed by atoms with Crippen LogP contribution in [0.1, 0.15) is 83.6 Å². The summed E-state index contributed by atoms with van der Waals surface area (Å²) >= 11 is 0. The second-order valence-corrected chi connectivity index (χ2v) is 11.7. The predicted octanol–water partition coefficient (Wildman–Crippen LogP) is 5.93. The molecule has 0 N–H and O–H groups in total. The average molecular weight is 490 g/mol. The molecule has 0 aromatic heterocycles. The molecule has 5 heteroatoms. The molecule has 2 fully saturated rings. The highest BCUT2D eigenvalue weighted by Crippen LogP contribution is 2.68. The van der Waals surface area contributed by atoms with Gasteiger partial charge in [0.1, 0.15) is 0 Å².